The molecule has 1 N–H and O–H groups in total. The molecule has 1 aliphatic heterocycles. The maximum Gasteiger partial charge on any atom is 0.258 e. The molecule has 0 aromatic heterocycles. The molecule has 0 saturated heterocycles. The second-order valence-corrected chi connectivity index (χ2v) is 8.53. The van der Waals surface area contributed by atoms with Crippen LogP contribution in [0.15, 0.2) is 53.4 Å². The quantitative estimate of drug-likeness (QED) is 0.875. The minimum Gasteiger partial charge on any atom is -0.305 e. The molecule has 1 aliphatic rings. The standard InChI is InChI=1S/C20H24N2O3S/c1-4-14(2)21-26(24,25)18-11-9-16(10-12-18)20(23)22-15(3)13-17-7-5-6-8-19(17)22/h5-12,14-15,21H,4,13H2,1-3H3. The van der Waals surface area contributed by atoms with Gasteiger partial charge in [-0.15, -0.1) is 0 Å². The second kappa shape index (κ2) is 7.21. The van der Waals surface area contributed by atoms with E-state index in [1.165, 1.54) is 12.1 Å². The Morgan fingerprint density at radius 2 is 1.85 bits per heavy atom. The van der Waals surface area contributed by atoms with Gasteiger partial charge in [-0.3, -0.25) is 4.79 Å². The first-order chi connectivity index (χ1) is 12.3. The van der Waals surface area contributed by atoms with E-state index < -0.39 is 10.0 Å². The fourth-order valence-corrected chi connectivity index (χ4v) is 4.53. The number of benzene rings is 2. The number of amides is 1. The van der Waals surface area contributed by atoms with E-state index in [0.717, 1.165) is 17.7 Å². The molecule has 2 atom stereocenters. The molecule has 0 spiro atoms. The fraction of sp³-hybridized carbons (Fsp3) is 0.350. The maximum absolute atomic E-state index is 13.0. The van der Waals surface area contributed by atoms with Crippen molar-refractivity contribution in [3.05, 3.63) is 59.7 Å². The van der Waals surface area contributed by atoms with Crippen molar-refractivity contribution in [2.24, 2.45) is 0 Å². The molecule has 0 radical (unpaired) electrons. The number of hydrogen-bond acceptors (Lipinski definition) is 3. The molecule has 3 rings (SSSR count). The fourth-order valence-electron chi connectivity index (χ4n) is 3.21. The van der Waals surface area contributed by atoms with Crippen LogP contribution in [0.25, 0.3) is 0 Å². The van der Waals surface area contributed by atoms with E-state index in [1.807, 2.05) is 45.0 Å². The van der Waals surface area contributed by atoms with Crippen LogP contribution in [0, 0.1) is 0 Å². The first-order valence-corrected chi connectivity index (χ1v) is 10.4. The van der Waals surface area contributed by atoms with E-state index >= 15 is 0 Å². The summed E-state index contributed by atoms with van der Waals surface area (Å²) in [7, 11) is -3.57. The lowest BCUT2D eigenvalue weighted by Gasteiger charge is -2.23. The van der Waals surface area contributed by atoms with Gasteiger partial charge in [-0.1, -0.05) is 25.1 Å². The van der Waals surface area contributed by atoms with Gasteiger partial charge < -0.3 is 4.90 Å². The smallest absolute Gasteiger partial charge is 0.258 e. The first-order valence-electron chi connectivity index (χ1n) is 8.87. The third-order valence-corrected chi connectivity index (χ3v) is 6.41. The SMILES string of the molecule is CCC(C)NS(=O)(=O)c1ccc(C(=O)N2c3ccccc3CC2C)cc1. The molecule has 0 saturated carbocycles. The molecule has 2 aromatic carbocycles. The zero-order valence-electron chi connectivity index (χ0n) is 15.3. The van der Waals surface area contributed by atoms with Crippen LogP contribution >= 0.6 is 0 Å². The largest absolute Gasteiger partial charge is 0.305 e. The highest BCUT2D eigenvalue weighted by atomic mass is 32.2. The highest BCUT2D eigenvalue weighted by Gasteiger charge is 2.31. The monoisotopic (exact) mass is 372 g/mol. The molecule has 26 heavy (non-hydrogen) atoms. The Hall–Kier alpha value is -2.18. The molecule has 1 amide bonds. The van der Waals surface area contributed by atoms with Crippen LogP contribution in [0.2, 0.25) is 0 Å². The number of fused-ring (bicyclic) bond motifs is 1. The number of para-hydroxylation sites is 1. The van der Waals surface area contributed by atoms with Gasteiger partial charge in [0.1, 0.15) is 0 Å². The van der Waals surface area contributed by atoms with Crippen LogP contribution in [0.1, 0.15) is 43.1 Å². The minimum atomic E-state index is -3.57. The third kappa shape index (κ3) is 3.52. The van der Waals surface area contributed by atoms with Gasteiger partial charge in [-0.2, -0.15) is 0 Å². The van der Waals surface area contributed by atoms with E-state index in [-0.39, 0.29) is 22.9 Å². The Labute approximate surface area is 155 Å². The number of anilines is 1. The summed E-state index contributed by atoms with van der Waals surface area (Å²) in [4.78, 5) is 14.9. The van der Waals surface area contributed by atoms with Gasteiger partial charge >= 0.3 is 0 Å². The summed E-state index contributed by atoms with van der Waals surface area (Å²) in [5, 5.41) is 0. The van der Waals surface area contributed by atoms with Crippen LogP contribution in [0.3, 0.4) is 0 Å². The average molecular weight is 372 g/mol. The zero-order valence-corrected chi connectivity index (χ0v) is 16.1. The normalized spacial score (nSPS) is 17.8. The minimum absolute atomic E-state index is 0.0791. The summed E-state index contributed by atoms with van der Waals surface area (Å²) in [5.74, 6) is -0.110. The first kappa shape index (κ1) is 18.6. The topological polar surface area (TPSA) is 66.5 Å². The van der Waals surface area contributed by atoms with E-state index in [4.69, 9.17) is 0 Å². The van der Waals surface area contributed by atoms with Gasteiger partial charge in [0, 0.05) is 23.3 Å². The number of nitrogens with zero attached hydrogens (tertiary/aromatic N) is 1. The van der Waals surface area contributed by atoms with Gasteiger partial charge in [0.15, 0.2) is 0 Å². The molecule has 138 valence electrons. The van der Waals surface area contributed by atoms with Crippen LogP contribution in [0.4, 0.5) is 5.69 Å². The molecule has 6 heteroatoms. The predicted molar refractivity (Wildman–Crippen MR) is 103 cm³/mol. The molecule has 0 aliphatic carbocycles. The molecule has 0 bridgehead atoms. The van der Waals surface area contributed by atoms with Crippen molar-refractivity contribution in [3.63, 3.8) is 0 Å². The highest BCUT2D eigenvalue weighted by molar-refractivity contribution is 7.89. The predicted octanol–water partition coefficient (Wildman–Crippen LogP) is 3.35. The second-order valence-electron chi connectivity index (χ2n) is 6.81. The number of sulfonamides is 1. The lowest BCUT2D eigenvalue weighted by molar-refractivity contribution is 0.0981. The van der Waals surface area contributed by atoms with E-state index in [9.17, 15) is 13.2 Å². The Bertz CT molecular complexity index is 907. The average Bonchev–Trinajstić information content (AvgIpc) is 2.96. The van der Waals surface area contributed by atoms with Crippen LogP contribution in [-0.2, 0) is 16.4 Å². The molecule has 1 heterocycles. The summed E-state index contributed by atoms with van der Waals surface area (Å²) >= 11 is 0. The summed E-state index contributed by atoms with van der Waals surface area (Å²) in [6, 6.07) is 14.0. The Balaban J connectivity index is 1.84. The number of nitrogens with one attached hydrogen (secondary N) is 1. The lowest BCUT2D eigenvalue weighted by atomic mass is 10.1. The van der Waals surface area contributed by atoms with Gasteiger partial charge in [0.05, 0.1) is 4.90 Å². The maximum atomic E-state index is 13.0. The summed E-state index contributed by atoms with van der Waals surface area (Å²) in [6.45, 7) is 5.76. The molecular formula is C20H24N2O3S. The lowest BCUT2D eigenvalue weighted by Crippen LogP contribution is -2.35. The van der Waals surface area contributed by atoms with Gasteiger partial charge in [-0.25, -0.2) is 13.1 Å². The van der Waals surface area contributed by atoms with Crippen molar-refractivity contribution in [2.75, 3.05) is 4.90 Å². The number of carbonyl (C=O) groups is 1. The van der Waals surface area contributed by atoms with Crippen molar-refractivity contribution >= 4 is 21.6 Å². The molecule has 2 aromatic rings. The number of rotatable bonds is 5. The Morgan fingerprint density at radius 1 is 1.19 bits per heavy atom. The zero-order chi connectivity index (χ0) is 18.9. The molecule has 0 fully saturated rings. The molecule has 2 unspecified atom stereocenters. The third-order valence-electron chi connectivity index (χ3n) is 4.81. The number of hydrogen-bond donors (Lipinski definition) is 1. The van der Waals surface area contributed by atoms with Crippen LogP contribution < -0.4 is 9.62 Å². The summed E-state index contributed by atoms with van der Waals surface area (Å²) in [5.41, 5.74) is 2.57. The van der Waals surface area contributed by atoms with Gasteiger partial charge in [-0.05, 0) is 62.6 Å². The van der Waals surface area contributed by atoms with Crippen molar-refractivity contribution in [1.29, 1.82) is 0 Å². The van der Waals surface area contributed by atoms with Crippen molar-refractivity contribution in [2.45, 2.75) is 50.6 Å². The molecule has 5 nitrogen and oxygen atoms in total. The van der Waals surface area contributed by atoms with E-state index in [1.54, 1.807) is 17.0 Å². The van der Waals surface area contributed by atoms with Crippen LogP contribution in [0.5, 0.6) is 0 Å². The van der Waals surface area contributed by atoms with E-state index in [0.29, 0.717) is 12.0 Å². The molecular weight excluding hydrogens is 348 g/mol. The summed E-state index contributed by atoms with van der Waals surface area (Å²) < 4.78 is 27.3. The van der Waals surface area contributed by atoms with Gasteiger partial charge in [0.25, 0.3) is 5.91 Å². The highest BCUT2D eigenvalue weighted by Crippen LogP contribution is 2.33. The van der Waals surface area contributed by atoms with Crippen molar-refractivity contribution in [3.8, 4) is 0 Å². The van der Waals surface area contributed by atoms with Gasteiger partial charge in [0.2, 0.25) is 10.0 Å². The Kier molecular flexibility index (Phi) is 5.16. The van der Waals surface area contributed by atoms with Crippen molar-refractivity contribution < 1.29 is 13.2 Å². The van der Waals surface area contributed by atoms with Crippen LogP contribution in [-0.4, -0.2) is 26.4 Å². The van der Waals surface area contributed by atoms with Crippen molar-refractivity contribution in [1.82, 2.24) is 4.72 Å². The van der Waals surface area contributed by atoms with E-state index in [2.05, 4.69) is 4.72 Å². The Morgan fingerprint density at radius 3 is 2.50 bits per heavy atom. The number of carbonyl (C=O) groups excluding carboxylic acids is 1. The summed E-state index contributed by atoms with van der Waals surface area (Å²) in [6.07, 6.45) is 1.54.